The van der Waals surface area contributed by atoms with Gasteiger partial charge in [0.1, 0.15) is 5.52 Å². The molecule has 2 rings (SSSR count). The van der Waals surface area contributed by atoms with Crippen LogP contribution in [-0.4, -0.2) is 43.4 Å². The molecule has 2 aromatic heterocycles. The van der Waals surface area contributed by atoms with Crippen LogP contribution in [0, 0.1) is 6.92 Å². The summed E-state index contributed by atoms with van der Waals surface area (Å²) in [6, 6.07) is 2.21. The lowest BCUT2D eigenvalue weighted by Gasteiger charge is -2.15. The van der Waals surface area contributed by atoms with Crippen molar-refractivity contribution >= 4 is 40.7 Å². The van der Waals surface area contributed by atoms with Gasteiger partial charge in [0.05, 0.1) is 5.75 Å². The monoisotopic (exact) mass is 311 g/mol. The van der Waals surface area contributed by atoms with E-state index in [1.807, 2.05) is 23.8 Å². The number of fused-ring (bicyclic) bond motifs is 1. The number of hydrogen-bond acceptors (Lipinski definition) is 5. The van der Waals surface area contributed by atoms with Gasteiger partial charge in [0.2, 0.25) is 0 Å². The van der Waals surface area contributed by atoms with Gasteiger partial charge in [-0.3, -0.25) is 9.36 Å². The van der Waals surface area contributed by atoms with Crippen molar-refractivity contribution in [3.63, 3.8) is 0 Å². The standard InChI is InChI=1S/C13H17N3O2S2/c1-8-4-10-12(14-5-8)16(9(2)6-19-3)13(15-10)20-7-11(17)18/h4-5,9H,6-7H2,1-3H3,(H,17,18). The van der Waals surface area contributed by atoms with Crippen LogP contribution in [0.5, 0.6) is 0 Å². The molecule has 1 unspecified atom stereocenters. The fraction of sp³-hybridized carbons (Fsp3) is 0.462. The molecule has 0 aliphatic heterocycles. The van der Waals surface area contributed by atoms with Crippen LogP contribution in [0.2, 0.25) is 0 Å². The summed E-state index contributed by atoms with van der Waals surface area (Å²) in [4.78, 5) is 19.8. The smallest absolute Gasteiger partial charge is 0.313 e. The molecule has 20 heavy (non-hydrogen) atoms. The van der Waals surface area contributed by atoms with Gasteiger partial charge in [0, 0.05) is 18.0 Å². The highest BCUT2D eigenvalue weighted by Gasteiger charge is 2.18. The maximum absolute atomic E-state index is 10.8. The summed E-state index contributed by atoms with van der Waals surface area (Å²) < 4.78 is 2.04. The molecule has 0 aliphatic carbocycles. The molecule has 108 valence electrons. The van der Waals surface area contributed by atoms with Crippen LogP contribution in [0.4, 0.5) is 0 Å². The number of carboxylic acids is 1. The van der Waals surface area contributed by atoms with Crippen LogP contribution < -0.4 is 0 Å². The molecule has 0 saturated carbocycles. The molecule has 0 bridgehead atoms. The van der Waals surface area contributed by atoms with Crippen molar-refractivity contribution in [3.05, 3.63) is 17.8 Å². The van der Waals surface area contributed by atoms with E-state index in [9.17, 15) is 4.79 Å². The topological polar surface area (TPSA) is 68.0 Å². The fourth-order valence-corrected chi connectivity index (χ4v) is 3.46. The first-order valence-electron chi connectivity index (χ1n) is 6.21. The molecule has 1 atom stereocenters. The lowest BCUT2D eigenvalue weighted by atomic mass is 10.3. The molecule has 2 aromatic rings. The minimum Gasteiger partial charge on any atom is -0.481 e. The van der Waals surface area contributed by atoms with E-state index >= 15 is 0 Å². The number of aryl methyl sites for hydroxylation is 1. The fourth-order valence-electron chi connectivity index (χ4n) is 2.00. The summed E-state index contributed by atoms with van der Waals surface area (Å²) in [7, 11) is 0. The Labute approximate surface area is 126 Å². The predicted molar refractivity (Wildman–Crippen MR) is 83.7 cm³/mol. The van der Waals surface area contributed by atoms with Crippen molar-refractivity contribution in [2.24, 2.45) is 0 Å². The number of thioether (sulfide) groups is 2. The highest BCUT2D eigenvalue weighted by molar-refractivity contribution is 7.99. The molecule has 0 radical (unpaired) electrons. The molecule has 7 heteroatoms. The summed E-state index contributed by atoms with van der Waals surface area (Å²) in [5, 5.41) is 9.57. The van der Waals surface area contributed by atoms with Gasteiger partial charge in [-0.15, -0.1) is 0 Å². The Morgan fingerprint density at radius 2 is 2.30 bits per heavy atom. The summed E-state index contributed by atoms with van der Waals surface area (Å²) in [5.74, 6) is 0.103. The van der Waals surface area contributed by atoms with Crippen molar-refractivity contribution in [2.45, 2.75) is 25.0 Å². The van der Waals surface area contributed by atoms with Crippen molar-refractivity contribution in [2.75, 3.05) is 17.8 Å². The highest BCUT2D eigenvalue weighted by Crippen LogP contribution is 2.28. The number of nitrogens with zero attached hydrogens (tertiary/aromatic N) is 3. The number of pyridine rings is 1. The van der Waals surface area contributed by atoms with Gasteiger partial charge >= 0.3 is 5.97 Å². The number of imidazole rings is 1. The summed E-state index contributed by atoms with van der Waals surface area (Å²) in [6.45, 7) is 4.07. The number of rotatable bonds is 6. The average Bonchev–Trinajstić information content (AvgIpc) is 2.74. The van der Waals surface area contributed by atoms with E-state index in [4.69, 9.17) is 5.11 Å². The molecular weight excluding hydrogens is 294 g/mol. The second-order valence-electron chi connectivity index (χ2n) is 4.61. The van der Waals surface area contributed by atoms with Gasteiger partial charge in [-0.05, 0) is 31.7 Å². The van der Waals surface area contributed by atoms with E-state index in [0.29, 0.717) is 0 Å². The Kier molecular flexibility index (Phi) is 4.93. The maximum Gasteiger partial charge on any atom is 0.313 e. The Bertz CT molecular complexity index is 627. The SMILES string of the molecule is CSCC(C)n1c(SCC(=O)O)nc2cc(C)cnc21. The maximum atomic E-state index is 10.8. The molecule has 0 fully saturated rings. The zero-order chi connectivity index (χ0) is 14.7. The van der Waals surface area contributed by atoms with Gasteiger partial charge in [0.15, 0.2) is 10.8 Å². The van der Waals surface area contributed by atoms with Crippen molar-refractivity contribution in [1.82, 2.24) is 14.5 Å². The summed E-state index contributed by atoms with van der Waals surface area (Å²) in [5.41, 5.74) is 2.70. The molecule has 2 heterocycles. The molecule has 0 spiro atoms. The number of aliphatic carboxylic acids is 1. The number of carbonyl (C=O) groups is 1. The zero-order valence-corrected chi connectivity index (χ0v) is 13.3. The van der Waals surface area contributed by atoms with E-state index in [1.54, 1.807) is 11.8 Å². The highest BCUT2D eigenvalue weighted by atomic mass is 32.2. The van der Waals surface area contributed by atoms with E-state index in [1.165, 1.54) is 11.8 Å². The third-order valence-electron chi connectivity index (χ3n) is 2.81. The summed E-state index contributed by atoms with van der Waals surface area (Å²) in [6.07, 6.45) is 3.87. The van der Waals surface area contributed by atoms with Gasteiger partial charge in [-0.2, -0.15) is 11.8 Å². The number of carboxylic acid groups (broad SMARTS) is 1. The van der Waals surface area contributed by atoms with Crippen LogP contribution in [0.15, 0.2) is 17.4 Å². The van der Waals surface area contributed by atoms with Crippen LogP contribution in [0.1, 0.15) is 18.5 Å². The molecule has 5 nitrogen and oxygen atoms in total. The average molecular weight is 311 g/mol. The minimum atomic E-state index is -0.838. The quantitative estimate of drug-likeness (QED) is 0.827. The first kappa shape index (κ1) is 15.2. The minimum absolute atomic E-state index is 0.00823. The largest absolute Gasteiger partial charge is 0.481 e. The molecule has 0 amide bonds. The Morgan fingerprint density at radius 3 is 2.95 bits per heavy atom. The third-order valence-corrected chi connectivity index (χ3v) is 4.56. The molecule has 0 aliphatic rings. The lowest BCUT2D eigenvalue weighted by Crippen LogP contribution is -2.10. The van der Waals surface area contributed by atoms with E-state index in [2.05, 4.69) is 23.1 Å². The van der Waals surface area contributed by atoms with E-state index in [0.717, 1.165) is 27.6 Å². The van der Waals surface area contributed by atoms with Gasteiger partial charge in [0.25, 0.3) is 0 Å². The normalized spacial score (nSPS) is 12.8. The van der Waals surface area contributed by atoms with Crippen LogP contribution in [-0.2, 0) is 4.79 Å². The van der Waals surface area contributed by atoms with Crippen LogP contribution >= 0.6 is 23.5 Å². The Hall–Kier alpha value is -1.21. The van der Waals surface area contributed by atoms with Crippen LogP contribution in [0.25, 0.3) is 11.2 Å². The predicted octanol–water partition coefficient (Wildman–Crippen LogP) is 2.84. The number of hydrogen-bond donors (Lipinski definition) is 1. The van der Waals surface area contributed by atoms with Crippen LogP contribution in [0.3, 0.4) is 0 Å². The third kappa shape index (κ3) is 3.27. The zero-order valence-electron chi connectivity index (χ0n) is 11.7. The Balaban J connectivity index is 2.47. The first-order valence-corrected chi connectivity index (χ1v) is 8.59. The second-order valence-corrected chi connectivity index (χ2v) is 6.46. The van der Waals surface area contributed by atoms with Gasteiger partial charge in [-0.1, -0.05) is 11.8 Å². The molecular formula is C13H17N3O2S2. The van der Waals surface area contributed by atoms with Gasteiger partial charge < -0.3 is 5.11 Å². The molecule has 0 aromatic carbocycles. The van der Waals surface area contributed by atoms with E-state index in [-0.39, 0.29) is 11.8 Å². The van der Waals surface area contributed by atoms with Gasteiger partial charge in [-0.25, -0.2) is 9.97 Å². The van der Waals surface area contributed by atoms with Crippen molar-refractivity contribution in [3.8, 4) is 0 Å². The van der Waals surface area contributed by atoms with Crippen molar-refractivity contribution < 1.29 is 9.90 Å². The first-order chi connectivity index (χ1) is 9.52. The number of aromatic nitrogens is 3. The lowest BCUT2D eigenvalue weighted by molar-refractivity contribution is -0.133. The Morgan fingerprint density at radius 1 is 1.55 bits per heavy atom. The molecule has 0 saturated heterocycles. The second kappa shape index (κ2) is 6.49. The van der Waals surface area contributed by atoms with Crippen molar-refractivity contribution in [1.29, 1.82) is 0 Å². The van der Waals surface area contributed by atoms with E-state index < -0.39 is 5.97 Å². The summed E-state index contributed by atoms with van der Waals surface area (Å²) >= 11 is 2.99. The molecule has 1 N–H and O–H groups in total.